The molecule has 0 bridgehead atoms. The van der Waals surface area contributed by atoms with Crippen LogP contribution in [0.1, 0.15) is 29.2 Å². The number of oxime groups is 1. The molecule has 2 N–H and O–H groups in total. The van der Waals surface area contributed by atoms with Crippen LogP contribution in [0.5, 0.6) is 0 Å². The Labute approximate surface area is 140 Å². The molecule has 25 heavy (non-hydrogen) atoms. The van der Waals surface area contributed by atoms with Crippen molar-refractivity contribution in [2.75, 3.05) is 5.32 Å². The van der Waals surface area contributed by atoms with Crippen molar-refractivity contribution in [1.29, 1.82) is 0 Å². The molecule has 8 heteroatoms. The van der Waals surface area contributed by atoms with Gasteiger partial charge < -0.3 is 9.94 Å². The number of amides is 1. The molecule has 2 aromatic rings. The quantitative estimate of drug-likeness (QED) is 0.846. The second-order valence-corrected chi connectivity index (χ2v) is 5.46. The molecule has 0 radical (unpaired) electrons. The van der Waals surface area contributed by atoms with Crippen molar-refractivity contribution in [3.05, 3.63) is 65.2 Å². The van der Waals surface area contributed by atoms with E-state index in [2.05, 4.69) is 10.5 Å². The van der Waals surface area contributed by atoms with Gasteiger partial charge in [-0.15, -0.1) is 0 Å². The molecule has 3 rings (SSSR count). The number of anilines is 1. The van der Waals surface area contributed by atoms with Gasteiger partial charge in [0.25, 0.3) is 0 Å². The minimum atomic E-state index is -4.37. The van der Waals surface area contributed by atoms with E-state index in [1.807, 2.05) is 0 Å². The monoisotopic (exact) mass is 350 g/mol. The summed E-state index contributed by atoms with van der Waals surface area (Å²) >= 11 is 0. The van der Waals surface area contributed by atoms with Crippen LogP contribution in [0.4, 0.5) is 23.7 Å². The molecule has 0 aliphatic carbocycles. The Morgan fingerprint density at radius 3 is 2.32 bits per heavy atom. The predicted molar refractivity (Wildman–Crippen MR) is 84.5 cm³/mol. The average Bonchev–Trinajstić information content (AvgIpc) is 3.04. The average molecular weight is 350 g/mol. The molecule has 130 valence electrons. The topological polar surface area (TPSA) is 70.9 Å². The van der Waals surface area contributed by atoms with Crippen LogP contribution in [0.15, 0.2) is 53.7 Å². The van der Waals surface area contributed by atoms with Gasteiger partial charge in [-0.3, -0.25) is 5.32 Å². The molecule has 0 spiro atoms. The Morgan fingerprint density at radius 1 is 1.12 bits per heavy atom. The van der Waals surface area contributed by atoms with E-state index in [0.29, 0.717) is 23.4 Å². The highest BCUT2D eigenvalue weighted by atomic mass is 19.4. The van der Waals surface area contributed by atoms with Gasteiger partial charge in [-0.2, -0.15) is 13.2 Å². The van der Waals surface area contributed by atoms with Crippen LogP contribution in [0.25, 0.3) is 0 Å². The summed E-state index contributed by atoms with van der Waals surface area (Å²) in [5.41, 5.74) is 1.72. The third-order valence-electron chi connectivity index (χ3n) is 3.75. The van der Waals surface area contributed by atoms with Gasteiger partial charge in [0.1, 0.15) is 0 Å². The van der Waals surface area contributed by atoms with E-state index >= 15 is 0 Å². The summed E-state index contributed by atoms with van der Waals surface area (Å²) in [6, 6.07) is 11.4. The molecular weight excluding hydrogens is 337 g/mol. The lowest BCUT2D eigenvalue weighted by Gasteiger charge is -2.11. The fourth-order valence-corrected chi connectivity index (χ4v) is 2.48. The Morgan fingerprint density at radius 2 is 1.76 bits per heavy atom. The van der Waals surface area contributed by atoms with E-state index in [9.17, 15) is 18.0 Å². The number of rotatable bonds is 3. The maximum absolute atomic E-state index is 12.6. The number of halogens is 3. The molecule has 0 saturated heterocycles. The summed E-state index contributed by atoms with van der Waals surface area (Å²) in [6.45, 7) is 0. The zero-order valence-electron chi connectivity index (χ0n) is 12.7. The van der Waals surface area contributed by atoms with Gasteiger partial charge in [-0.25, -0.2) is 4.79 Å². The lowest BCUT2D eigenvalue weighted by molar-refractivity contribution is -0.137. The van der Waals surface area contributed by atoms with Crippen LogP contribution in [0, 0.1) is 0 Å². The summed E-state index contributed by atoms with van der Waals surface area (Å²) in [5, 5.41) is 14.9. The molecular formula is C17H13F3N2O3. The van der Waals surface area contributed by atoms with E-state index in [0.717, 1.165) is 17.7 Å². The van der Waals surface area contributed by atoms with E-state index in [1.54, 1.807) is 24.3 Å². The third-order valence-corrected chi connectivity index (χ3v) is 3.75. The predicted octanol–water partition coefficient (Wildman–Crippen LogP) is 4.66. The fourth-order valence-electron chi connectivity index (χ4n) is 2.48. The van der Waals surface area contributed by atoms with Crippen molar-refractivity contribution in [1.82, 2.24) is 0 Å². The number of hydrogen-bond acceptors (Lipinski definition) is 3. The first kappa shape index (κ1) is 16.8. The fraction of sp³-hybridized carbons (Fsp3) is 0.176. The summed E-state index contributed by atoms with van der Waals surface area (Å²) < 4.78 is 37.8. The molecule has 1 amide bonds. The van der Waals surface area contributed by atoms with E-state index in [1.165, 1.54) is 12.1 Å². The van der Waals surface area contributed by atoms with Gasteiger partial charge in [0.15, 0.2) is 6.10 Å². The Bertz CT molecular complexity index is 799. The zero-order chi connectivity index (χ0) is 18.0. The van der Waals surface area contributed by atoms with Crippen molar-refractivity contribution in [2.24, 2.45) is 5.16 Å². The second kappa shape index (κ2) is 6.46. The van der Waals surface area contributed by atoms with E-state index < -0.39 is 23.9 Å². The van der Waals surface area contributed by atoms with Gasteiger partial charge in [0.05, 0.1) is 11.3 Å². The Hall–Kier alpha value is -3.03. The van der Waals surface area contributed by atoms with Crippen molar-refractivity contribution in [3.8, 4) is 0 Å². The minimum Gasteiger partial charge on any atom is -0.465 e. The molecule has 1 unspecified atom stereocenters. The number of benzene rings is 2. The molecule has 1 atom stereocenters. The minimum absolute atomic E-state index is 0.414. The van der Waals surface area contributed by atoms with Crippen molar-refractivity contribution >= 4 is 17.5 Å². The number of hydrogen-bond donors (Lipinski definition) is 2. The number of carboxylic acid groups (broad SMARTS) is 1. The van der Waals surface area contributed by atoms with Crippen molar-refractivity contribution < 1.29 is 27.9 Å². The third kappa shape index (κ3) is 3.90. The highest BCUT2D eigenvalue weighted by Gasteiger charge is 2.31. The van der Waals surface area contributed by atoms with Crippen LogP contribution < -0.4 is 5.32 Å². The molecule has 1 aliphatic heterocycles. The molecule has 0 fully saturated rings. The summed E-state index contributed by atoms with van der Waals surface area (Å²) in [6.07, 6.45) is -5.56. The van der Waals surface area contributed by atoms with Gasteiger partial charge in [-0.05, 0) is 35.4 Å². The number of nitrogens with one attached hydrogen (secondary N) is 1. The van der Waals surface area contributed by atoms with Gasteiger partial charge in [0, 0.05) is 12.1 Å². The highest BCUT2D eigenvalue weighted by Crippen LogP contribution is 2.33. The van der Waals surface area contributed by atoms with Crippen molar-refractivity contribution in [3.63, 3.8) is 0 Å². The van der Waals surface area contributed by atoms with Crippen LogP contribution in [0.3, 0.4) is 0 Å². The van der Waals surface area contributed by atoms with E-state index in [-0.39, 0.29) is 0 Å². The number of nitrogens with zero attached hydrogens (tertiary/aromatic N) is 1. The van der Waals surface area contributed by atoms with Crippen LogP contribution >= 0.6 is 0 Å². The Balaban J connectivity index is 1.67. The maximum Gasteiger partial charge on any atom is 0.416 e. The first-order valence-electron chi connectivity index (χ1n) is 7.33. The van der Waals surface area contributed by atoms with Gasteiger partial charge in [0.2, 0.25) is 0 Å². The first-order chi connectivity index (χ1) is 11.8. The van der Waals surface area contributed by atoms with Gasteiger partial charge >= 0.3 is 12.3 Å². The largest absolute Gasteiger partial charge is 0.465 e. The zero-order valence-corrected chi connectivity index (χ0v) is 12.7. The first-order valence-corrected chi connectivity index (χ1v) is 7.33. The molecule has 5 nitrogen and oxygen atoms in total. The lowest BCUT2D eigenvalue weighted by Crippen LogP contribution is -2.07. The normalized spacial score (nSPS) is 16.9. The lowest BCUT2D eigenvalue weighted by atomic mass is 9.99. The molecule has 2 aromatic carbocycles. The SMILES string of the molecule is O=C(O)Nc1ccc(C2=NOC(c3ccc(C(F)(F)F)cc3)C2)cc1. The highest BCUT2D eigenvalue weighted by molar-refractivity contribution is 6.01. The van der Waals surface area contributed by atoms with Crippen molar-refractivity contribution in [2.45, 2.75) is 18.7 Å². The van der Waals surface area contributed by atoms with Gasteiger partial charge in [-0.1, -0.05) is 29.4 Å². The summed E-state index contributed by atoms with van der Waals surface area (Å²) in [7, 11) is 0. The molecule has 0 saturated carbocycles. The van der Waals surface area contributed by atoms with Crippen LogP contribution in [-0.2, 0) is 11.0 Å². The Kier molecular flexibility index (Phi) is 4.35. The summed E-state index contributed by atoms with van der Waals surface area (Å²) in [4.78, 5) is 15.9. The molecule has 1 heterocycles. The van der Waals surface area contributed by atoms with E-state index in [4.69, 9.17) is 9.94 Å². The standard InChI is InChI=1S/C17H13F3N2O3/c18-17(19,20)12-5-1-11(2-6-12)15-9-14(22-25-15)10-3-7-13(8-4-10)21-16(23)24/h1-8,15,21H,9H2,(H,23,24). The van der Waals surface area contributed by atoms with Crippen LogP contribution in [0.2, 0.25) is 0 Å². The molecule has 0 aromatic heterocycles. The maximum atomic E-state index is 12.6. The number of alkyl halides is 3. The smallest absolute Gasteiger partial charge is 0.416 e. The molecule has 1 aliphatic rings. The van der Waals surface area contributed by atoms with Crippen LogP contribution in [-0.4, -0.2) is 16.9 Å². The summed E-state index contributed by atoms with van der Waals surface area (Å²) in [5.74, 6) is 0. The number of carbonyl (C=O) groups is 1. The second-order valence-electron chi connectivity index (χ2n) is 5.46.